The smallest absolute Gasteiger partial charge is 0.491 e. The summed E-state index contributed by atoms with van der Waals surface area (Å²) in [4.78, 5) is 12.2. The Bertz CT molecular complexity index is 614. The molecule has 3 N–H and O–H groups in total. The number of halogens is 3. The third-order valence-electron chi connectivity index (χ3n) is 3.41. The summed E-state index contributed by atoms with van der Waals surface area (Å²) in [6.45, 7) is 1.97. The first-order valence-corrected chi connectivity index (χ1v) is 8.62. The number of aliphatic hydroxyl groups excluding tert-OH is 1. The summed E-state index contributed by atoms with van der Waals surface area (Å²) in [5, 5.41) is 14.4. The zero-order valence-corrected chi connectivity index (χ0v) is 15.7. The maximum Gasteiger partial charge on any atom is 0.573 e. The minimum atomic E-state index is -4.63. The van der Waals surface area contributed by atoms with Crippen LogP contribution in [0.4, 0.5) is 13.2 Å². The number of carbonyl (C=O) groups excluding carboxylic acids is 1. The second-order valence-electron chi connectivity index (χ2n) is 5.41. The average Bonchev–Trinajstić information content (AvgIpc) is 2.63. The number of methoxy groups -OCH3 is 1. The van der Waals surface area contributed by atoms with E-state index < -0.39 is 6.36 Å². The van der Waals surface area contributed by atoms with Crippen LogP contribution in [0.5, 0.6) is 5.75 Å². The highest BCUT2D eigenvalue weighted by Gasteiger charge is 2.30. The first-order valence-electron chi connectivity index (χ1n) is 8.17. The van der Waals surface area contributed by atoms with E-state index in [-0.39, 0.29) is 24.8 Å². The van der Waals surface area contributed by atoms with Gasteiger partial charge in [-0.2, -0.15) is 0 Å². The number of thiol groups is 1. The van der Waals surface area contributed by atoms with E-state index in [0.717, 1.165) is 31.5 Å². The number of benzene rings is 1. The third kappa shape index (κ3) is 9.55. The Morgan fingerprint density at radius 1 is 1.26 bits per heavy atom. The number of hydrogen-bond donors (Lipinski definition) is 4. The Kier molecular flexibility index (Phi) is 10.0. The van der Waals surface area contributed by atoms with Crippen LogP contribution in [0.2, 0.25) is 0 Å². The van der Waals surface area contributed by atoms with Gasteiger partial charge in [-0.15, -0.1) is 25.8 Å². The van der Waals surface area contributed by atoms with E-state index in [1.54, 1.807) is 0 Å². The molecule has 1 amide bonds. The minimum Gasteiger partial charge on any atom is -0.491 e. The molecule has 0 radical (unpaired) electrons. The molecule has 1 heterocycles. The maximum absolute atomic E-state index is 11.6. The third-order valence-corrected chi connectivity index (χ3v) is 3.70. The van der Waals surface area contributed by atoms with Crippen LogP contribution in [0, 0.1) is 0 Å². The molecular weight excluding hydrogens is 385 g/mol. The summed E-state index contributed by atoms with van der Waals surface area (Å²) in [5.41, 5.74) is 1.05. The summed E-state index contributed by atoms with van der Waals surface area (Å²) in [6, 6.07) is 5.25. The van der Waals surface area contributed by atoms with Gasteiger partial charge in [-0.1, -0.05) is 0 Å². The molecule has 27 heavy (non-hydrogen) atoms. The molecule has 0 aliphatic carbocycles. The van der Waals surface area contributed by atoms with Crippen LogP contribution in [0.15, 0.2) is 40.5 Å². The van der Waals surface area contributed by atoms with E-state index in [2.05, 4.69) is 28.0 Å². The fourth-order valence-electron chi connectivity index (χ4n) is 2.25. The summed E-state index contributed by atoms with van der Waals surface area (Å²) < 4.78 is 43.5. The van der Waals surface area contributed by atoms with E-state index in [1.165, 1.54) is 31.4 Å². The molecule has 1 fully saturated rings. The summed E-state index contributed by atoms with van der Waals surface area (Å²) in [6.07, 6.45) is -2.94. The standard InChI is InChI=1S/C10H18N2O3.C7H5F3OS/c1-15-9(10(14)12-6-7-13)8-2-4-11-5-3-8;8-7(9,10)11-5-1-3-6(12)4-2-5/h11,13H,2-7H2,1H3,(H,12,14);1-4,12H. The van der Waals surface area contributed by atoms with Crippen molar-refractivity contribution >= 4 is 18.5 Å². The molecule has 1 aliphatic heterocycles. The van der Waals surface area contributed by atoms with Gasteiger partial charge >= 0.3 is 6.36 Å². The second-order valence-corrected chi connectivity index (χ2v) is 5.92. The number of ether oxygens (including phenoxy) is 2. The van der Waals surface area contributed by atoms with Crippen molar-refractivity contribution in [3.05, 3.63) is 35.6 Å². The molecule has 0 saturated carbocycles. The zero-order valence-electron chi connectivity index (χ0n) is 14.8. The number of nitrogens with one attached hydrogen (secondary N) is 2. The SMILES string of the molecule is COC(C(=O)NCCO)=C1CCNCC1.FC(F)(F)Oc1ccc(S)cc1. The lowest BCUT2D eigenvalue weighted by Crippen LogP contribution is -2.31. The van der Waals surface area contributed by atoms with Crippen molar-refractivity contribution in [3.63, 3.8) is 0 Å². The Labute approximate surface area is 161 Å². The fraction of sp³-hybridized carbons (Fsp3) is 0.471. The second kappa shape index (κ2) is 11.7. The molecule has 2 rings (SSSR count). The van der Waals surface area contributed by atoms with Crippen LogP contribution in [-0.2, 0) is 9.53 Å². The molecule has 1 aromatic carbocycles. The van der Waals surface area contributed by atoms with E-state index in [0.29, 0.717) is 10.7 Å². The number of rotatable bonds is 5. The van der Waals surface area contributed by atoms with E-state index in [1.807, 2.05) is 0 Å². The Morgan fingerprint density at radius 2 is 1.85 bits per heavy atom. The molecule has 152 valence electrons. The molecule has 1 saturated heterocycles. The lowest BCUT2D eigenvalue weighted by molar-refractivity contribution is -0.274. The van der Waals surface area contributed by atoms with Crippen molar-refractivity contribution < 1.29 is 32.5 Å². The Hall–Kier alpha value is -1.91. The number of hydrogen-bond acceptors (Lipinski definition) is 6. The highest BCUT2D eigenvalue weighted by atomic mass is 32.1. The lowest BCUT2D eigenvalue weighted by Gasteiger charge is -2.18. The van der Waals surface area contributed by atoms with Crippen molar-refractivity contribution in [1.82, 2.24) is 10.6 Å². The first-order chi connectivity index (χ1) is 12.8. The quantitative estimate of drug-likeness (QED) is 0.342. The predicted molar refractivity (Wildman–Crippen MR) is 96.6 cm³/mol. The highest BCUT2D eigenvalue weighted by molar-refractivity contribution is 7.80. The van der Waals surface area contributed by atoms with Gasteiger partial charge in [0.1, 0.15) is 5.75 Å². The molecule has 0 bridgehead atoms. The van der Waals surface area contributed by atoms with Crippen LogP contribution in [-0.4, -0.2) is 50.7 Å². The molecule has 6 nitrogen and oxygen atoms in total. The van der Waals surface area contributed by atoms with Crippen LogP contribution < -0.4 is 15.4 Å². The van der Waals surface area contributed by atoms with Crippen molar-refractivity contribution in [2.24, 2.45) is 0 Å². The zero-order chi connectivity index (χ0) is 20.3. The largest absolute Gasteiger partial charge is 0.573 e. The summed E-state index contributed by atoms with van der Waals surface area (Å²) in [7, 11) is 1.50. The number of amides is 1. The monoisotopic (exact) mass is 408 g/mol. The van der Waals surface area contributed by atoms with Gasteiger partial charge in [-0.05, 0) is 55.8 Å². The number of alkyl halides is 3. The van der Waals surface area contributed by atoms with Gasteiger partial charge in [-0.3, -0.25) is 4.79 Å². The van der Waals surface area contributed by atoms with Gasteiger partial charge in [0.05, 0.1) is 13.7 Å². The topological polar surface area (TPSA) is 79.8 Å². The molecule has 0 aromatic heterocycles. The van der Waals surface area contributed by atoms with Crippen molar-refractivity contribution in [2.45, 2.75) is 24.1 Å². The Balaban J connectivity index is 0.000000277. The van der Waals surface area contributed by atoms with Gasteiger partial charge in [0.25, 0.3) is 5.91 Å². The average molecular weight is 408 g/mol. The fourth-order valence-corrected chi connectivity index (χ4v) is 2.40. The normalized spacial score (nSPS) is 13.9. The molecule has 0 spiro atoms. The van der Waals surface area contributed by atoms with E-state index >= 15 is 0 Å². The lowest BCUT2D eigenvalue weighted by atomic mass is 10.0. The van der Waals surface area contributed by atoms with Gasteiger partial charge in [0.2, 0.25) is 0 Å². The predicted octanol–water partition coefficient (Wildman–Crippen LogP) is 2.25. The number of carbonyl (C=O) groups is 1. The van der Waals surface area contributed by atoms with Crippen LogP contribution >= 0.6 is 12.6 Å². The van der Waals surface area contributed by atoms with Crippen LogP contribution in [0.25, 0.3) is 0 Å². The van der Waals surface area contributed by atoms with E-state index in [9.17, 15) is 18.0 Å². The minimum absolute atomic E-state index is 0.0559. The van der Waals surface area contributed by atoms with Crippen LogP contribution in [0.1, 0.15) is 12.8 Å². The molecule has 1 aliphatic rings. The number of piperidine rings is 1. The Morgan fingerprint density at radius 3 is 2.33 bits per heavy atom. The molecule has 0 unspecified atom stereocenters. The van der Waals surface area contributed by atoms with Gasteiger partial charge in [-0.25, -0.2) is 0 Å². The van der Waals surface area contributed by atoms with Crippen LogP contribution in [0.3, 0.4) is 0 Å². The van der Waals surface area contributed by atoms with Gasteiger partial charge < -0.3 is 25.2 Å². The summed E-state index contributed by atoms with van der Waals surface area (Å²) >= 11 is 3.91. The van der Waals surface area contributed by atoms with Crippen molar-refractivity contribution in [2.75, 3.05) is 33.4 Å². The molecule has 1 aromatic rings. The van der Waals surface area contributed by atoms with E-state index in [4.69, 9.17) is 9.84 Å². The molecular formula is C17H23F3N2O4S. The van der Waals surface area contributed by atoms with Gasteiger partial charge in [0, 0.05) is 11.4 Å². The van der Waals surface area contributed by atoms with Crippen molar-refractivity contribution in [3.8, 4) is 5.75 Å². The highest BCUT2D eigenvalue weighted by Crippen LogP contribution is 2.23. The molecule has 10 heteroatoms. The van der Waals surface area contributed by atoms with Crippen molar-refractivity contribution in [1.29, 1.82) is 0 Å². The number of aliphatic hydroxyl groups is 1. The molecule has 0 atom stereocenters. The maximum atomic E-state index is 11.6. The van der Waals surface area contributed by atoms with Gasteiger partial charge in [0.15, 0.2) is 5.76 Å². The first kappa shape index (κ1) is 23.1. The summed E-state index contributed by atoms with van der Waals surface area (Å²) in [5.74, 6) is -0.0614.